The number of rotatable bonds is 6. The highest BCUT2D eigenvalue weighted by molar-refractivity contribution is 7.13. The summed E-state index contributed by atoms with van der Waals surface area (Å²) in [6.45, 7) is 1.87. The quantitative estimate of drug-likeness (QED) is 0.374. The zero-order valence-electron chi connectivity index (χ0n) is 18.5. The molecule has 0 unspecified atom stereocenters. The van der Waals surface area contributed by atoms with Crippen LogP contribution in [0.1, 0.15) is 36.9 Å². The van der Waals surface area contributed by atoms with Crippen LogP contribution >= 0.6 is 11.3 Å². The molecule has 0 saturated heterocycles. The van der Waals surface area contributed by atoms with Crippen molar-refractivity contribution >= 4 is 23.0 Å². The second kappa shape index (κ2) is 9.03. The van der Waals surface area contributed by atoms with E-state index in [0.717, 1.165) is 38.8 Å². The van der Waals surface area contributed by atoms with Gasteiger partial charge >= 0.3 is 0 Å². The zero-order valence-corrected chi connectivity index (χ0v) is 19.3. The van der Waals surface area contributed by atoms with Gasteiger partial charge in [0.2, 0.25) is 5.91 Å². The molecular weight excluding hydrogens is 432 g/mol. The number of benzene rings is 2. The first-order valence-electron chi connectivity index (χ1n) is 10.9. The summed E-state index contributed by atoms with van der Waals surface area (Å²) in [7, 11) is 1.65. The van der Waals surface area contributed by atoms with E-state index >= 15 is 0 Å². The number of carbonyl (C=O) groups excluding carboxylic acids is 1. The number of aromatic nitrogens is 2. The fourth-order valence-corrected chi connectivity index (χ4v) is 4.78. The molecular formula is C26H24N4O2S. The molecule has 0 bridgehead atoms. The van der Waals surface area contributed by atoms with Crippen molar-refractivity contribution in [2.75, 3.05) is 7.11 Å². The molecule has 0 fully saturated rings. The van der Waals surface area contributed by atoms with Gasteiger partial charge in [-0.25, -0.2) is 9.69 Å². The fraction of sp³-hybridized carbons (Fsp3) is 0.192. The molecule has 5 rings (SSSR count). The first-order valence-corrected chi connectivity index (χ1v) is 11.8. The average Bonchev–Trinajstić information content (AvgIpc) is 3.63. The SMILES string of the molecule is CCC(=O)N1N=C(c2ccc(OC)cc2)C[C@@H]1c1cn(-c2ccccc2)nc1-c1cccs1. The molecule has 2 aromatic carbocycles. The lowest BCUT2D eigenvalue weighted by Crippen LogP contribution is -2.26. The van der Waals surface area contributed by atoms with Crippen molar-refractivity contribution in [1.82, 2.24) is 14.8 Å². The van der Waals surface area contributed by atoms with E-state index in [9.17, 15) is 4.79 Å². The Hall–Kier alpha value is -3.71. The van der Waals surface area contributed by atoms with Gasteiger partial charge in [0.25, 0.3) is 0 Å². The van der Waals surface area contributed by atoms with E-state index in [1.807, 2.05) is 83.8 Å². The van der Waals surface area contributed by atoms with Crippen LogP contribution < -0.4 is 4.74 Å². The van der Waals surface area contributed by atoms with Gasteiger partial charge in [-0.15, -0.1) is 11.3 Å². The third kappa shape index (κ3) is 4.07. The number of ether oxygens (including phenoxy) is 1. The summed E-state index contributed by atoms with van der Waals surface area (Å²) in [6, 6.07) is 21.7. The maximum atomic E-state index is 12.9. The molecule has 0 N–H and O–H groups in total. The second-order valence-corrected chi connectivity index (χ2v) is 8.73. The molecule has 0 saturated carbocycles. The number of hydrogen-bond acceptors (Lipinski definition) is 5. The van der Waals surface area contributed by atoms with Gasteiger partial charge in [-0.2, -0.15) is 10.2 Å². The number of amides is 1. The van der Waals surface area contributed by atoms with Gasteiger partial charge in [-0.3, -0.25) is 4.79 Å². The molecule has 1 atom stereocenters. The predicted molar refractivity (Wildman–Crippen MR) is 131 cm³/mol. The lowest BCUT2D eigenvalue weighted by Gasteiger charge is -2.21. The minimum Gasteiger partial charge on any atom is -0.497 e. The third-order valence-corrected chi connectivity index (χ3v) is 6.65. The molecule has 1 amide bonds. The van der Waals surface area contributed by atoms with Crippen molar-refractivity contribution in [3.63, 3.8) is 0 Å². The summed E-state index contributed by atoms with van der Waals surface area (Å²) in [6.07, 6.45) is 3.05. The Bertz CT molecular complexity index is 1280. The molecule has 3 heterocycles. The van der Waals surface area contributed by atoms with E-state index in [1.165, 1.54) is 0 Å². The summed E-state index contributed by atoms with van der Waals surface area (Å²) in [5.74, 6) is 0.785. The summed E-state index contributed by atoms with van der Waals surface area (Å²) in [5.41, 5.74) is 4.73. The monoisotopic (exact) mass is 456 g/mol. The average molecular weight is 457 g/mol. The van der Waals surface area contributed by atoms with Gasteiger partial charge in [0.05, 0.1) is 29.4 Å². The van der Waals surface area contributed by atoms with Crippen molar-refractivity contribution in [2.24, 2.45) is 5.10 Å². The standard InChI is InChI=1S/C26H24N4O2S/c1-3-25(31)30-23(16-22(27-30)18-11-13-20(32-2)14-12-18)21-17-29(19-8-5-4-6-9-19)28-26(21)24-10-7-15-33-24/h4-15,17,23H,3,16H2,1-2H3/t23-/m1/s1. The summed E-state index contributed by atoms with van der Waals surface area (Å²) in [4.78, 5) is 14.0. The van der Waals surface area contributed by atoms with Crippen molar-refractivity contribution in [3.05, 3.63) is 89.4 Å². The zero-order chi connectivity index (χ0) is 22.8. The van der Waals surface area contributed by atoms with Crippen LogP contribution in [0.2, 0.25) is 0 Å². The number of methoxy groups -OCH3 is 1. The first-order chi connectivity index (χ1) is 16.2. The van der Waals surface area contributed by atoms with Gasteiger partial charge < -0.3 is 4.74 Å². The Morgan fingerprint density at radius 3 is 2.55 bits per heavy atom. The molecule has 6 nitrogen and oxygen atoms in total. The molecule has 0 spiro atoms. The third-order valence-electron chi connectivity index (χ3n) is 5.77. The highest BCUT2D eigenvalue weighted by atomic mass is 32.1. The van der Waals surface area contributed by atoms with Gasteiger partial charge in [0.15, 0.2) is 0 Å². The summed E-state index contributed by atoms with van der Waals surface area (Å²) >= 11 is 1.64. The summed E-state index contributed by atoms with van der Waals surface area (Å²) < 4.78 is 7.18. The number of hydrogen-bond donors (Lipinski definition) is 0. The first kappa shape index (κ1) is 21.2. The Morgan fingerprint density at radius 2 is 1.88 bits per heavy atom. The van der Waals surface area contributed by atoms with Crippen LogP contribution in [0, 0.1) is 0 Å². The number of nitrogens with zero attached hydrogens (tertiary/aromatic N) is 4. The largest absolute Gasteiger partial charge is 0.497 e. The highest BCUT2D eigenvalue weighted by Crippen LogP contribution is 2.39. The minimum absolute atomic E-state index is 0.00639. The van der Waals surface area contributed by atoms with Crippen LogP contribution in [0.3, 0.4) is 0 Å². The lowest BCUT2D eigenvalue weighted by atomic mass is 9.98. The Kier molecular flexibility index (Phi) is 5.79. The Morgan fingerprint density at radius 1 is 1.09 bits per heavy atom. The van der Waals surface area contributed by atoms with Crippen LogP contribution in [-0.2, 0) is 4.79 Å². The van der Waals surface area contributed by atoms with E-state index in [0.29, 0.717) is 12.8 Å². The van der Waals surface area contributed by atoms with Crippen molar-refractivity contribution in [2.45, 2.75) is 25.8 Å². The Labute approximate surface area is 196 Å². The van der Waals surface area contributed by atoms with Crippen LogP contribution in [0.25, 0.3) is 16.3 Å². The van der Waals surface area contributed by atoms with E-state index in [1.54, 1.807) is 23.5 Å². The van der Waals surface area contributed by atoms with Crippen LogP contribution in [0.5, 0.6) is 5.75 Å². The molecule has 166 valence electrons. The molecule has 0 aliphatic carbocycles. The Balaban J connectivity index is 1.58. The normalized spacial score (nSPS) is 15.5. The van der Waals surface area contributed by atoms with E-state index in [4.69, 9.17) is 14.9 Å². The molecule has 1 aliphatic rings. The van der Waals surface area contributed by atoms with Gasteiger partial charge in [-0.05, 0) is 53.4 Å². The molecule has 0 radical (unpaired) electrons. The van der Waals surface area contributed by atoms with Gasteiger partial charge in [0.1, 0.15) is 11.4 Å². The maximum Gasteiger partial charge on any atom is 0.242 e. The molecule has 4 aromatic rings. The molecule has 2 aromatic heterocycles. The van der Waals surface area contributed by atoms with Crippen LogP contribution in [0.15, 0.2) is 83.4 Å². The van der Waals surface area contributed by atoms with Gasteiger partial charge in [0, 0.05) is 24.6 Å². The number of thiophene rings is 1. The number of hydrazone groups is 1. The fourth-order valence-electron chi connectivity index (χ4n) is 4.05. The topological polar surface area (TPSA) is 59.7 Å². The van der Waals surface area contributed by atoms with Crippen LogP contribution in [0.4, 0.5) is 0 Å². The maximum absolute atomic E-state index is 12.9. The van der Waals surface area contributed by atoms with Gasteiger partial charge in [-0.1, -0.05) is 31.2 Å². The van der Waals surface area contributed by atoms with Crippen molar-refractivity contribution < 1.29 is 9.53 Å². The molecule has 1 aliphatic heterocycles. The lowest BCUT2D eigenvalue weighted by molar-refractivity contribution is -0.132. The smallest absolute Gasteiger partial charge is 0.242 e. The molecule has 7 heteroatoms. The second-order valence-electron chi connectivity index (χ2n) is 7.78. The highest BCUT2D eigenvalue weighted by Gasteiger charge is 2.35. The van der Waals surface area contributed by atoms with E-state index in [2.05, 4.69) is 6.07 Å². The van der Waals surface area contributed by atoms with Crippen molar-refractivity contribution in [3.8, 4) is 22.0 Å². The van der Waals surface area contributed by atoms with E-state index in [-0.39, 0.29) is 11.9 Å². The number of para-hydroxylation sites is 1. The van der Waals surface area contributed by atoms with E-state index < -0.39 is 0 Å². The minimum atomic E-state index is -0.218. The predicted octanol–water partition coefficient (Wildman–Crippen LogP) is 5.70. The molecule has 33 heavy (non-hydrogen) atoms. The van der Waals surface area contributed by atoms with Crippen LogP contribution in [-0.4, -0.2) is 33.5 Å². The summed E-state index contributed by atoms with van der Waals surface area (Å²) in [5, 5.41) is 13.4. The van der Waals surface area contributed by atoms with Crippen molar-refractivity contribution in [1.29, 1.82) is 0 Å². The number of carbonyl (C=O) groups is 1.